The lowest BCUT2D eigenvalue weighted by Crippen LogP contribution is -2.20. The molecule has 4 heteroatoms. The highest BCUT2D eigenvalue weighted by Gasteiger charge is 2.09. The molecule has 1 unspecified atom stereocenters. The van der Waals surface area contributed by atoms with Crippen LogP contribution in [0.1, 0.15) is 43.4 Å². The molecule has 4 N–H and O–H groups in total. The molecule has 0 saturated carbocycles. The molecule has 0 aliphatic heterocycles. The van der Waals surface area contributed by atoms with E-state index in [-0.39, 0.29) is 11.9 Å². The van der Waals surface area contributed by atoms with Gasteiger partial charge in [0.1, 0.15) is 5.75 Å². The van der Waals surface area contributed by atoms with E-state index in [0.717, 1.165) is 30.5 Å². The van der Waals surface area contributed by atoms with Crippen molar-refractivity contribution in [3.8, 4) is 5.75 Å². The molecule has 0 heterocycles. The van der Waals surface area contributed by atoms with Gasteiger partial charge in [-0.15, -0.1) is 0 Å². The standard InChI is InChI=1S/C14H22N2O2/c1-10-6-7-13(17)12(9-10)11(2)16-8-4-3-5-14(15)18/h6-7,9,11,16-17H,3-5,8H2,1-2H3,(H2,15,18). The largest absolute Gasteiger partial charge is 0.508 e. The number of hydrogen-bond acceptors (Lipinski definition) is 3. The molecule has 1 aromatic rings. The van der Waals surface area contributed by atoms with Gasteiger partial charge in [0.15, 0.2) is 0 Å². The fourth-order valence-corrected chi connectivity index (χ4v) is 1.87. The van der Waals surface area contributed by atoms with Crippen LogP contribution in [0.15, 0.2) is 18.2 Å². The number of primary amides is 1. The molecule has 1 rings (SSSR count). The highest BCUT2D eigenvalue weighted by Crippen LogP contribution is 2.24. The maximum atomic E-state index is 10.6. The topological polar surface area (TPSA) is 75.3 Å². The number of unbranched alkanes of at least 4 members (excludes halogenated alkanes) is 1. The van der Waals surface area contributed by atoms with Crippen LogP contribution in [0.25, 0.3) is 0 Å². The smallest absolute Gasteiger partial charge is 0.217 e. The molecule has 100 valence electrons. The Kier molecular flexibility index (Phi) is 5.65. The van der Waals surface area contributed by atoms with Gasteiger partial charge in [0.05, 0.1) is 0 Å². The van der Waals surface area contributed by atoms with Crippen molar-refractivity contribution in [1.82, 2.24) is 5.32 Å². The summed E-state index contributed by atoms with van der Waals surface area (Å²) in [6.07, 6.45) is 2.14. The second kappa shape index (κ2) is 7.01. The fraction of sp³-hybridized carbons (Fsp3) is 0.500. The summed E-state index contributed by atoms with van der Waals surface area (Å²) >= 11 is 0. The first-order valence-electron chi connectivity index (χ1n) is 6.32. The number of benzene rings is 1. The van der Waals surface area contributed by atoms with Gasteiger partial charge in [-0.05, 0) is 39.3 Å². The number of carbonyl (C=O) groups is 1. The van der Waals surface area contributed by atoms with Crippen LogP contribution in [0.4, 0.5) is 0 Å². The minimum absolute atomic E-state index is 0.0958. The number of phenols is 1. The van der Waals surface area contributed by atoms with Crippen LogP contribution < -0.4 is 11.1 Å². The van der Waals surface area contributed by atoms with Gasteiger partial charge in [-0.25, -0.2) is 0 Å². The summed E-state index contributed by atoms with van der Waals surface area (Å²) in [5.41, 5.74) is 7.11. The van der Waals surface area contributed by atoms with E-state index in [4.69, 9.17) is 5.73 Å². The Labute approximate surface area is 108 Å². The van der Waals surface area contributed by atoms with Crippen LogP contribution in [0.5, 0.6) is 5.75 Å². The van der Waals surface area contributed by atoms with Gasteiger partial charge in [0.2, 0.25) is 5.91 Å². The molecule has 0 bridgehead atoms. The van der Waals surface area contributed by atoms with Crippen LogP contribution >= 0.6 is 0 Å². The van der Waals surface area contributed by atoms with Gasteiger partial charge < -0.3 is 16.2 Å². The lowest BCUT2D eigenvalue weighted by Gasteiger charge is -2.16. The Balaban J connectivity index is 2.38. The summed E-state index contributed by atoms with van der Waals surface area (Å²) < 4.78 is 0. The van der Waals surface area contributed by atoms with E-state index in [2.05, 4.69) is 5.32 Å². The van der Waals surface area contributed by atoms with E-state index < -0.39 is 0 Å². The van der Waals surface area contributed by atoms with Crippen LogP contribution in [-0.4, -0.2) is 17.6 Å². The molecule has 0 aliphatic carbocycles. The third-order valence-electron chi connectivity index (χ3n) is 2.95. The SMILES string of the molecule is Cc1ccc(O)c(C(C)NCCCCC(N)=O)c1. The van der Waals surface area contributed by atoms with Gasteiger partial charge in [0, 0.05) is 18.0 Å². The van der Waals surface area contributed by atoms with E-state index in [1.165, 1.54) is 0 Å². The summed E-state index contributed by atoms with van der Waals surface area (Å²) in [6.45, 7) is 4.83. The molecule has 18 heavy (non-hydrogen) atoms. The number of amides is 1. The normalized spacial score (nSPS) is 12.3. The molecule has 1 atom stereocenters. The van der Waals surface area contributed by atoms with Gasteiger partial charge in [-0.2, -0.15) is 0 Å². The Bertz CT molecular complexity index is 405. The van der Waals surface area contributed by atoms with Crippen molar-refractivity contribution in [2.75, 3.05) is 6.54 Å². The first-order chi connectivity index (χ1) is 8.50. The second-order valence-corrected chi connectivity index (χ2v) is 4.66. The first-order valence-corrected chi connectivity index (χ1v) is 6.32. The average Bonchev–Trinajstić information content (AvgIpc) is 2.31. The number of nitrogens with one attached hydrogen (secondary N) is 1. The molecule has 0 radical (unpaired) electrons. The molecular formula is C14H22N2O2. The summed E-state index contributed by atoms with van der Waals surface area (Å²) in [7, 11) is 0. The Morgan fingerprint density at radius 3 is 2.83 bits per heavy atom. The number of hydrogen-bond donors (Lipinski definition) is 3. The molecule has 0 fully saturated rings. The predicted octanol–water partition coefficient (Wildman–Crippen LogP) is 2.01. The first kappa shape index (κ1) is 14.5. The quantitative estimate of drug-likeness (QED) is 0.648. The maximum Gasteiger partial charge on any atom is 0.217 e. The summed E-state index contributed by atoms with van der Waals surface area (Å²) in [6, 6.07) is 5.68. The van der Waals surface area contributed by atoms with Crippen LogP contribution in [0.2, 0.25) is 0 Å². The van der Waals surface area contributed by atoms with Crippen molar-refractivity contribution in [2.45, 2.75) is 39.2 Å². The molecule has 0 aromatic heterocycles. The Hall–Kier alpha value is -1.55. The van der Waals surface area contributed by atoms with Crippen LogP contribution in [0.3, 0.4) is 0 Å². The molecule has 1 amide bonds. The van der Waals surface area contributed by atoms with Crippen LogP contribution in [0, 0.1) is 6.92 Å². The number of aryl methyl sites for hydroxylation is 1. The van der Waals surface area contributed by atoms with Crippen molar-refractivity contribution in [3.63, 3.8) is 0 Å². The van der Waals surface area contributed by atoms with E-state index in [1.54, 1.807) is 6.07 Å². The van der Waals surface area contributed by atoms with Gasteiger partial charge >= 0.3 is 0 Å². The lowest BCUT2D eigenvalue weighted by atomic mass is 10.0. The van der Waals surface area contributed by atoms with Gasteiger partial charge in [-0.3, -0.25) is 4.79 Å². The van der Waals surface area contributed by atoms with Crippen molar-refractivity contribution >= 4 is 5.91 Å². The second-order valence-electron chi connectivity index (χ2n) is 4.66. The number of carbonyl (C=O) groups excluding carboxylic acids is 1. The maximum absolute atomic E-state index is 10.6. The van der Waals surface area contributed by atoms with Gasteiger partial charge in [0.25, 0.3) is 0 Å². The minimum atomic E-state index is -0.251. The zero-order valence-corrected chi connectivity index (χ0v) is 11.1. The average molecular weight is 250 g/mol. The Morgan fingerprint density at radius 2 is 2.17 bits per heavy atom. The van der Waals surface area contributed by atoms with Crippen molar-refractivity contribution in [2.24, 2.45) is 5.73 Å². The summed E-state index contributed by atoms with van der Waals surface area (Å²) in [5, 5.41) is 13.1. The van der Waals surface area contributed by atoms with Gasteiger partial charge in [-0.1, -0.05) is 17.7 Å². The minimum Gasteiger partial charge on any atom is -0.508 e. The molecule has 0 saturated heterocycles. The summed E-state index contributed by atoms with van der Waals surface area (Å²) in [4.78, 5) is 10.6. The van der Waals surface area contributed by atoms with E-state index >= 15 is 0 Å². The predicted molar refractivity (Wildman–Crippen MR) is 72.3 cm³/mol. The third-order valence-corrected chi connectivity index (χ3v) is 2.95. The monoisotopic (exact) mass is 250 g/mol. The number of nitrogens with two attached hydrogens (primary N) is 1. The number of phenolic OH excluding ortho intramolecular Hbond substituents is 1. The van der Waals surface area contributed by atoms with E-state index in [0.29, 0.717) is 12.2 Å². The zero-order valence-electron chi connectivity index (χ0n) is 11.1. The highest BCUT2D eigenvalue weighted by molar-refractivity contribution is 5.73. The third kappa shape index (κ3) is 4.75. The molecule has 4 nitrogen and oxygen atoms in total. The molecular weight excluding hydrogens is 228 g/mol. The molecule has 1 aromatic carbocycles. The van der Waals surface area contributed by atoms with E-state index in [1.807, 2.05) is 26.0 Å². The summed E-state index contributed by atoms with van der Waals surface area (Å²) in [5.74, 6) is 0.0668. The Morgan fingerprint density at radius 1 is 1.44 bits per heavy atom. The van der Waals surface area contributed by atoms with E-state index in [9.17, 15) is 9.90 Å². The van der Waals surface area contributed by atoms with Crippen molar-refractivity contribution in [3.05, 3.63) is 29.3 Å². The van der Waals surface area contributed by atoms with Crippen LogP contribution in [-0.2, 0) is 4.79 Å². The highest BCUT2D eigenvalue weighted by atomic mass is 16.3. The fourth-order valence-electron chi connectivity index (χ4n) is 1.87. The lowest BCUT2D eigenvalue weighted by molar-refractivity contribution is -0.118. The molecule has 0 spiro atoms. The van der Waals surface area contributed by atoms with Crippen molar-refractivity contribution in [1.29, 1.82) is 0 Å². The number of rotatable bonds is 7. The molecule has 0 aliphatic rings. The van der Waals surface area contributed by atoms with Crippen molar-refractivity contribution < 1.29 is 9.90 Å². The zero-order chi connectivity index (χ0) is 13.5. The number of aromatic hydroxyl groups is 1.